The Labute approximate surface area is 206 Å². The van der Waals surface area contributed by atoms with Crippen molar-refractivity contribution in [1.82, 2.24) is 24.9 Å². The Morgan fingerprint density at radius 3 is 2.31 bits per heavy atom. The second-order valence-corrected chi connectivity index (χ2v) is 8.31. The Balaban J connectivity index is 1.45. The number of carbonyl (C=O) groups is 1. The van der Waals surface area contributed by atoms with E-state index in [0.29, 0.717) is 49.1 Å². The fourth-order valence-electron chi connectivity index (χ4n) is 4.32. The summed E-state index contributed by atoms with van der Waals surface area (Å²) in [5, 5.41) is 13.4. The Morgan fingerprint density at radius 2 is 1.71 bits per heavy atom. The van der Waals surface area contributed by atoms with Crippen molar-refractivity contribution in [2.75, 3.05) is 63.3 Å². The molecular weight excluding hydrogens is 446 g/mol. The second-order valence-electron chi connectivity index (χ2n) is 8.31. The highest BCUT2D eigenvalue weighted by Gasteiger charge is 2.26. The maximum absolute atomic E-state index is 13.3. The fourth-order valence-corrected chi connectivity index (χ4v) is 4.32. The predicted octanol–water partition coefficient (Wildman–Crippen LogP) is 2.70. The van der Waals surface area contributed by atoms with Crippen molar-refractivity contribution in [3.63, 3.8) is 0 Å². The summed E-state index contributed by atoms with van der Waals surface area (Å²) in [4.78, 5) is 19.5. The van der Waals surface area contributed by atoms with Gasteiger partial charge in [0.15, 0.2) is 11.6 Å². The van der Waals surface area contributed by atoms with E-state index in [1.54, 1.807) is 25.9 Å². The van der Waals surface area contributed by atoms with Gasteiger partial charge < -0.3 is 24.2 Å². The van der Waals surface area contributed by atoms with Crippen LogP contribution < -0.4 is 19.3 Å². The van der Waals surface area contributed by atoms with Gasteiger partial charge in [0, 0.05) is 51.9 Å². The molecule has 4 rings (SSSR count). The van der Waals surface area contributed by atoms with Gasteiger partial charge in [-0.25, -0.2) is 0 Å². The molecule has 10 heteroatoms. The van der Waals surface area contributed by atoms with Crippen LogP contribution in [0.1, 0.15) is 24.3 Å². The number of hydrogen-bond acceptors (Lipinski definition) is 8. The number of piperazine rings is 1. The van der Waals surface area contributed by atoms with Crippen LogP contribution in [0.25, 0.3) is 11.3 Å². The van der Waals surface area contributed by atoms with Crippen LogP contribution in [0.15, 0.2) is 36.4 Å². The van der Waals surface area contributed by atoms with Crippen molar-refractivity contribution in [3.05, 3.63) is 42.1 Å². The Hall–Kier alpha value is -3.82. The predicted molar refractivity (Wildman–Crippen MR) is 135 cm³/mol. The molecule has 0 aliphatic carbocycles. The smallest absolute Gasteiger partial charge is 0.272 e. The molecule has 0 atom stereocenters. The summed E-state index contributed by atoms with van der Waals surface area (Å²) in [7, 11) is 5.01. The lowest BCUT2D eigenvalue weighted by Crippen LogP contribution is -2.49. The van der Waals surface area contributed by atoms with E-state index in [9.17, 15) is 4.79 Å². The number of aromatic nitrogens is 4. The normalized spacial score (nSPS) is 13.6. The Morgan fingerprint density at radius 1 is 0.971 bits per heavy atom. The summed E-state index contributed by atoms with van der Waals surface area (Å²) in [5.74, 6) is 3.04. The summed E-state index contributed by atoms with van der Waals surface area (Å²) < 4.78 is 12.5. The molecule has 10 nitrogen and oxygen atoms in total. The molecule has 0 radical (unpaired) electrons. The highest BCUT2D eigenvalue weighted by molar-refractivity contribution is 5.94. The molecular formula is C25H33N7O3. The molecule has 1 aliphatic heterocycles. The van der Waals surface area contributed by atoms with Crippen molar-refractivity contribution in [1.29, 1.82) is 0 Å². The first-order chi connectivity index (χ1) is 17.0. The quantitative estimate of drug-likeness (QED) is 0.487. The lowest BCUT2D eigenvalue weighted by atomic mass is 10.1. The van der Waals surface area contributed by atoms with Crippen molar-refractivity contribution in [2.45, 2.75) is 13.8 Å². The minimum Gasteiger partial charge on any atom is -0.497 e. The first-order valence-electron chi connectivity index (χ1n) is 11.9. The van der Waals surface area contributed by atoms with E-state index in [0.717, 1.165) is 30.3 Å². The van der Waals surface area contributed by atoms with Crippen LogP contribution in [-0.4, -0.2) is 84.3 Å². The molecule has 186 valence electrons. The molecule has 3 aromatic rings. The molecule has 1 fully saturated rings. The van der Waals surface area contributed by atoms with Gasteiger partial charge in [0.1, 0.15) is 17.2 Å². The van der Waals surface area contributed by atoms with Crippen molar-refractivity contribution in [2.24, 2.45) is 7.05 Å². The molecule has 0 bridgehead atoms. The van der Waals surface area contributed by atoms with Gasteiger partial charge in [-0.05, 0) is 50.2 Å². The van der Waals surface area contributed by atoms with E-state index >= 15 is 0 Å². The van der Waals surface area contributed by atoms with Crippen LogP contribution in [0, 0.1) is 0 Å². The van der Waals surface area contributed by atoms with Crippen LogP contribution in [0.3, 0.4) is 0 Å². The molecule has 1 aromatic carbocycles. The van der Waals surface area contributed by atoms with Crippen molar-refractivity contribution >= 4 is 17.5 Å². The van der Waals surface area contributed by atoms with E-state index < -0.39 is 0 Å². The lowest BCUT2D eigenvalue weighted by Gasteiger charge is -2.35. The maximum Gasteiger partial charge on any atom is 0.272 e. The van der Waals surface area contributed by atoms with E-state index in [1.165, 1.54) is 0 Å². The molecule has 1 aliphatic rings. The zero-order valence-electron chi connectivity index (χ0n) is 21.1. The monoisotopic (exact) mass is 479 g/mol. The second kappa shape index (κ2) is 10.6. The zero-order chi connectivity index (χ0) is 24.9. The highest BCUT2D eigenvalue weighted by Crippen LogP contribution is 2.33. The molecule has 0 N–H and O–H groups in total. The third-order valence-electron chi connectivity index (χ3n) is 6.40. The number of benzene rings is 1. The van der Waals surface area contributed by atoms with Crippen molar-refractivity contribution < 1.29 is 14.3 Å². The molecule has 2 aromatic heterocycles. The summed E-state index contributed by atoms with van der Waals surface area (Å²) in [6.45, 7) is 8.58. The number of carbonyl (C=O) groups excluding carboxylic acids is 1. The zero-order valence-corrected chi connectivity index (χ0v) is 21.1. The maximum atomic E-state index is 13.3. The minimum absolute atomic E-state index is 0.0456. The number of ether oxygens (including phenoxy) is 2. The lowest BCUT2D eigenvalue weighted by molar-refractivity contribution is 0.0735. The SMILES string of the molecule is CCN(CC)c1ccc(N2CCN(C(=O)c3cc(-c4cc(OC)ccc4OC)nn3C)CC2)nn1. The number of nitrogens with zero attached hydrogens (tertiary/aromatic N) is 7. The van der Waals surface area contributed by atoms with E-state index in [1.807, 2.05) is 41.3 Å². The molecule has 3 heterocycles. The number of hydrogen-bond donors (Lipinski definition) is 0. The largest absolute Gasteiger partial charge is 0.497 e. The van der Waals surface area contributed by atoms with Crippen LogP contribution in [-0.2, 0) is 7.05 Å². The summed E-state index contributed by atoms with van der Waals surface area (Å²) in [6.07, 6.45) is 0. The average molecular weight is 480 g/mol. The van der Waals surface area contributed by atoms with E-state index in [2.05, 4.69) is 38.9 Å². The first-order valence-corrected chi connectivity index (χ1v) is 11.9. The summed E-state index contributed by atoms with van der Waals surface area (Å²) in [5.41, 5.74) is 1.97. The van der Waals surface area contributed by atoms with Gasteiger partial charge in [-0.3, -0.25) is 9.48 Å². The number of anilines is 2. The average Bonchev–Trinajstić information content (AvgIpc) is 3.30. The number of amides is 1. The van der Waals surface area contributed by atoms with Gasteiger partial charge in [0.2, 0.25) is 0 Å². The molecule has 0 spiro atoms. The highest BCUT2D eigenvalue weighted by atomic mass is 16.5. The molecule has 35 heavy (non-hydrogen) atoms. The van der Waals surface area contributed by atoms with Crippen LogP contribution >= 0.6 is 0 Å². The van der Waals surface area contributed by atoms with Gasteiger partial charge in [0.05, 0.1) is 19.9 Å². The number of methoxy groups -OCH3 is 2. The third-order valence-corrected chi connectivity index (χ3v) is 6.40. The van der Waals surface area contributed by atoms with Gasteiger partial charge >= 0.3 is 0 Å². The Kier molecular flexibility index (Phi) is 7.38. The van der Waals surface area contributed by atoms with Gasteiger partial charge in [-0.1, -0.05) is 0 Å². The summed E-state index contributed by atoms with van der Waals surface area (Å²) in [6, 6.07) is 11.4. The molecule has 0 saturated carbocycles. The first kappa shape index (κ1) is 24.3. The van der Waals surface area contributed by atoms with E-state index in [4.69, 9.17) is 9.47 Å². The molecule has 1 amide bonds. The van der Waals surface area contributed by atoms with Gasteiger partial charge in [0.25, 0.3) is 5.91 Å². The molecule has 1 saturated heterocycles. The topological polar surface area (TPSA) is 88.9 Å². The number of aryl methyl sites for hydroxylation is 1. The summed E-state index contributed by atoms with van der Waals surface area (Å²) >= 11 is 0. The fraction of sp³-hybridized carbons (Fsp3) is 0.440. The van der Waals surface area contributed by atoms with Gasteiger partial charge in [-0.15, -0.1) is 10.2 Å². The van der Waals surface area contributed by atoms with Crippen LogP contribution in [0.2, 0.25) is 0 Å². The van der Waals surface area contributed by atoms with Crippen LogP contribution in [0.5, 0.6) is 11.5 Å². The van der Waals surface area contributed by atoms with Crippen LogP contribution in [0.4, 0.5) is 11.6 Å². The van der Waals surface area contributed by atoms with E-state index in [-0.39, 0.29) is 5.91 Å². The third kappa shape index (κ3) is 5.01. The minimum atomic E-state index is -0.0456. The Bertz CT molecular complexity index is 1150. The van der Waals surface area contributed by atoms with Gasteiger partial charge in [-0.2, -0.15) is 5.10 Å². The van der Waals surface area contributed by atoms with Crippen molar-refractivity contribution in [3.8, 4) is 22.8 Å². The standard InChI is InChI=1S/C25H33N7O3/c1-6-30(7-2)23-10-11-24(27-26-23)31-12-14-32(15-13-31)25(33)21-17-20(28-29(21)3)19-16-18(34-4)8-9-22(19)35-5/h8-11,16-17H,6-7,12-15H2,1-5H3. The number of rotatable bonds is 8. The molecule has 0 unspecified atom stereocenters.